The molecule has 4 aromatic rings. The molecule has 1 atom stereocenters. The zero-order valence-corrected chi connectivity index (χ0v) is 24.5. The molecule has 0 aromatic heterocycles. The highest BCUT2D eigenvalue weighted by atomic mass is 16.5. The largest absolute Gasteiger partial charge is 0.465 e. The lowest BCUT2D eigenvalue weighted by atomic mass is 9.90. The minimum Gasteiger partial charge on any atom is -0.465 e. The number of carbonyl (C=O) groups is 3. The summed E-state index contributed by atoms with van der Waals surface area (Å²) in [6.45, 7) is 1.43. The van der Waals surface area contributed by atoms with Crippen LogP contribution in [0.2, 0.25) is 0 Å². The molecule has 0 fully saturated rings. The number of fused-ring (bicyclic) bond motifs is 1. The van der Waals surface area contributed by atoms with Gasteiger partial charge >= 0.3 is 5.97 Å². The summed E-state index contributed by atoms with van der Waals surface area (Å²) in [5.74, 6) is -1.34. The number of ether oxygens (including phenoxy) is 1. The SMILES string of the molecule is COC(=O)c1ccc2c(c1)NC(=O)C2C(=Nc1ccc(N(C)C(=O)CCN(C)Cc2ccccc2)cc1)c1ccccc1. The van der Waals surface area contributed by atoms with Gasteiger partial charge in [0, 0.05) is 37.9 Å². The lowest BCUT2D eigenvalue weighted by molar-refractivity contribution is -0.118. The van der Waals surface area contributed by atoms with Gasteiger partial charge in [0.15, 0.2) is 0 Å². The molecule has 0 saturated carbocycles. The topological polar surface area (TPSA) is 91.3 Å². The maximum Gasteiger partial charge on any atom is 0.337 e. The van der Waals surface area contributed by atoms with Gasteiger partial charge in [-0.15, -0.1) is 0 Å². The first-order valence-corrected chi connectivity index (χ1v) is 14.1. The van der Waals surface area contributed by atoms with Gasteiger partial charge in [-0.05, 0) is 60.1 Å². The molecule has 0 radical (unpaired) electrons. The number of amides is 2. The fraction of sp³-hybridized carbons (Fsp3) is 0.200. The Morgan fingerprint density at radius 3 is 2.21 bits per heavy atom. The van der Waals surface area contributed by atoms with Gasteiger partial charge in [-0.3, -0.25) is 14.6 Å². The second kappa shape index (κ2) is 13.3. The highest BCUT2D eigenvalue weighted by Crippen LogP contribution is 2.37. The molecular weight excluding hydrogens is 540 g/mol. The molecule has 1 unspecified atom stereocenters. The summed E-state index contributed by atoms with van der Waals surface area (Å²) in [4.78, 5) is 47.0. The van der Waals surface area contributed by atoms with Crippen molar-refractivity contribution in [3.05, 3.63) is 125 Å². The number of benzene rings is 4. The van der Waals surface area contributed by atoms with Crippen LogP contribution in [0.1, 0.15) is 39.4 Å². The zero-order valence-electron chi connectivity index (χ0n) is 24.5. The number of aliphatic imine (C=N–C) groups is 1. The van der Waals surface area contributed by atoms with E-state index in [1.54, 1.807) is 30.1 Å². The molecule has 2 amide bonds. The van der Waals surface area contributed by atoms with Crippen LogP contribution in [0, 0.1) is 0 Å². The van der Waals surface area contributed by atoms with Gasteiger partial charge in [-0.2, -0.15) is 0 Å². The smallest absolute Gasteiger partial charge is 0.337 e. The van der Waals surface area contributed by atoms with Crippen molar-refractivity contribution in [2.24, 2.45) is 4.99 Å². The lowest BCUT2D eigenvalue weighted by Crippen LogP contribution is -2.30. The summed E-state index contributed by atoms with van der Waals surface area (Å²) < 4.78 is 4.83. The lowest BCUT2D eigenvalue weighted by Gasteiger charge is -2.21. The number of methoxy groups -OCH3 is 1. The van der Waals surface area contributed by atoms with Gasteiger partial charge in [-0.25, -0.2) is 4.79 Å². The van der Waals surface area contributed by atoms with E-state index in [1.807, 2.05) is 79.8 Å². The van der Waals surface area contributed by atoms with E-state index in [4.69, 9.17) is 9.73 Å². The summed E-state index contributed by atoms with van der Waals surface area (Å²) >= 11 is 0. The van der Waals surface area contributed by atoms with Crippen LogP contribution in [-0.4, -0.2) is 56.1 Å². The Bertz CT molecular complexity index is 1640. The Morgan fingerprint density at radius 2 is 1.53 bits per heavy atom. The first-order valence-electron chi connectivity index (χ1n) is 14.1. The van der Waals surface area contributed by atoms with Gasteiger partial charge in [-0.1, -0.05) is 66.7 Å². The molecule has 218 valence electrons. The van der Waals surface area contributed by atoms with Gasteiger partial charge in [0.1, 0.15) is 5.92 Å². The van der Waals surface area contributed by atoms with E-state index in [1.165, 1.54) is 12.7 Å². The van der Waals surface area contributed by atoms with Crippen LogP contribution in [0.25, 0.3) is 0 Å². The third-order valence-corrected chi connectivity index (χ3v) is 7.51. The number of nitrogens with one attached hydrogen (secondary N) is 1. The molecule has 1 heterocycles. The maximum absolute atomic E-state index is 13.3. The number of hydrogen-bond donors (Lipinski definition) is 1. The fourth-order valence-electron chi connectivity index (χ4n) is 5.15. The zero-order chi connectivity index (χ0) is 30.3. The number of esters is 1. The van der Waals surface area contributed by atoms with Crippen LogP contribution < -0.4 is 10.2 Å². The molecule has 43 heavy (non-hydrogen) atoms. The van der Waals surface area contributed by atoms with Crippen molar-refractivity contribution in [3.63, 3.8) is 0 Å². The van der Waals surface area contributed by atoms with E-state index in [0.717, 1.165) is 23.4 Å². The maximum atomic E-state index is 13.3. The molecule has 4 aromatic carbocycles. The van der Waals surface area contributed by atoms with E-state index in [0.29, 0.717) is 35.6 Å². The summed E-state index contributed by atoms with van der Waals surface area (Å²) in [5, 5.41) is 2.90. The number of rotatable bonds is 10. The predicted molar refractivity (Wildman–Crippen MR) is 169 cm³/mol. The standard InChI is InChI=1S/C35H34N4O4/c1-38(23-24-10-6-4-7-11-24)21-20-31(40)39(2)28-17-15-27(16-18-28)36-33(25-12-8-5-9-13-25)32-29-19-14-26(35(42)43-3)22-30(29)37-34(32)41/h4-19,22,32H,20-21,23H2,1-3H3,(H,37,41). The van der Waals surface area contributed by atoms with Crippen molar-refractivity contribution >= 4 is 40.6 Å². The molecule has 8 heteroatoms. The van der Waals surface area contributed by atoms with Gasteiger partial charge in [0.05, 0.1) is 24.1 Å². The summed E-state index contributed by atoms with van der Waals surface area (Å²) in [6, 6.07) is 32.2. The van der Waals surface area contributed by atoms with Gasteiger partial charge < -0.3 is 19.9 Å². The minimum atomic E-state index is -0.666. The van der Waals surface area contributed by atoms with Crippen LogP contribution in [0.5, 0.6) is 0 Å². The predicted octanol–water partition coefficient (Wildman–Crippen LogP) is 5.81. The quantitative estimate of drug-likeness (QED) is 0.191. The van der Waals surface area contributed by atoms with Crippen molar-refractivity contribution in [2.75, 3.05) is 38.0 Å². The van der Waals surface area contributed by atoms with Gasteiger partial charge in [0.2, 0.25) is 11.8 Å². The summed E-state index contributed by atoms with van der Waals surface area (Å²) in [6.07, 6.45) is 0.395. The molecule has 1 aliphatic rings. The summed E-state index contributed by atoms with van der Waals surface area (Å²) in [7, 11) is 5.11. The van der Waals surface area contributed by atoms with Crippen molar-refractivity contribution in [1.29, 1.82) is 0 Å². The fourth-order valence-corrected chi connectivity index (χ4v) is 5.15. The number of hydrogen-bond acceptors (Lipinski definition) is 6. The highest BCUT2D eigenvalue weighted by Gasteiger charge is 2.36. The van der Waals surface area contributed by atoms with E-state index in [9.17, 15) is 14.4 Å². The van der Waals surface area contributed by atoms with Crippen LogP contribution in [0.3, 0.4) is 0 Å². The average Bonchev–Trinajstić information content (AvgIpc) is 3.37. The van der Waals surface area contributed by atoms with Crippen molar-refractivity contribution in [2.45, 2.75) is 18.9 Å². The van der Waals surface area contributed by atoms with E-state index >= 15 is 0 Å². The molecule has 0 aliphatic carbocycles. The highest BCUT2D eigenvalue weighted by molar-refractivity contribution is 6.24. The molecule has 1 N–H and O–H groups in total. The average molecular weight is 575 g/mol. The molecule has 0 saturated heterocycles. The Morgan fingerprint density at radius 1 is 0.860 bits per heavy atom. The van der Waals surface area contributed by atoms with E-state index in [-0.39, 0.29) is 11.8 Å². The minimum absolute atomic E-state index is 0.0201. The Balaban J connectivity index is 1.34. The molecular formula is C35H34N4O4. The number of nitrogens with zero attached hydrogens (tertiary/aromatic N) is 3. The van der Waals surface area contributed by atoms with Crippen LogP contribution in [0.15, 0.2) is 108 Å². The number of anilines is 2. The van der Waals surface area contributed by atoms with Crippen LogP contribution in [-0.2, 0) is 20.9 Å². The molecule has 5 rings (SSSR count). The van der Waals surface area contributed by atoms with Gasteiger partial charge in [0.25, 0.3) is 0 Å². The first-order chi connectivity index (χ1) is 20.8. The second-order valence-electron chi connectivity index (χ2n) is 10.5. The Labute approximate surface area is 251 Å². The van der Waals surface area contributed by atoms with E-state index < -0.39 is 11.9 Å². The van der Waals surface area contributed by atoms with Crippen LogP contribution >= 0.6 is 0 Å². The molecule has 0 bridgehead atoms. The van der Waals surface area contributed by atoms with Crippen molar-refractivity contribution in [1.82, 2.24) is 4.90 Å². The molecule has 1 aliphatic heterocycles. The van der Waals surface area contributed by atoms with Crippen LogP contribution in [0.4, 0.5) is 17.1 Å². The second-order valence-corrected chi connectivity index (χ2v) is 10.5. The van der Waals surface area contributed by atoms with E-state index in [2.05, 4.69) is 22.3 Å². The molecule has 0 spiro atoms. The third kappa shape index (κ3) is 6.88. The molecule has 8 nitrogen and oxygen atoms in total. The van der Waals surface area contributed by atoms with Crippen molar-refractivity contribution < 1.29 is 19.1 Å². The third-order valence-electron chi connectivity index (χ3n) is 7.51. The van der Waals surface area contributed by atoms with Crippen molar-refractivity contribution in [3.8, 4) is 0 Å². The Kier molecular flexibility index (Phi) is 9.08. The Hall–Kier alpha value is -5.08. The normalized spacial score (nSPS) is 14.3. The number of carbonyl (C=O) groups excluding carboxylic acids is 3. The summed E-state index contributed by atoms with van der Waals surface area (Å²) in [5.41, 5.74) is 5.67. The monoisotopic (exact) mass is 574 g/mol. The first kappa shape index (κ1) is 29.4.